The summed E-state index contributed by atoms with van der Waals surface area (Å²) < 4.78 is 5.81. The van der Waals surface area contributed by atoms with Crippen LogP contribution in [0.4, 0.5) is 0 Å². The Hall–Kier alpha value is -2.86. The number of nitrogens with zero attached hydrogens (tertiary/aromatic N) is 2. The smallest absolute Gasteiger partial charge is 0.307 e. The van der Waals surface area contributed by atoms with Crippen LogP contribution < -0.4 is 4.74 Å². The Labute approximate surface area is 171 Å². The van der Waals surface area contributed by atoms with E-state index < -0.39 is 5.97 Å². The molecular weight excluding hydrogens is 368 g/mol. The normalized spacial score (nSPS) is 16.5. The fourth-order valence-electron chi connectivity index (χ4n) is 3.50. The molecule has 0 aromatic heterocycles. The first-order valence-electron chi connectivity index (χ1n) is 10.0. The molecule has 0 aliphatic carbocycles. The summed E-state index contributed by atoms with van der Waals surface area (Å²) in [6.45, 7) is 5.01. The highest BCUT2D eigenvalue weighted by atomic mass is 16.5. The van der Waals surface area contributed by atoms with Crippen LogP contribution in [0.1, 0.15) is 24.5 Å². The lowest BCUT2D eigenvalue weighted by Gasteiger charge is -2.24. The van der Waals surface area contributed by atoms with E-state index in [0.717, 1.165) is 16.9 Å². The maximum absolute atomic E-state index is 12.6. The maximum Gasteiger partial charge on any atom is 0.307 e. The van der Waals surface area contributed by atoms with Crippen molar-refractivity contribution < 1.29 is 19.4 Å². The molecule has 2 aromatic rings. The van der Waals surface area contributed by atoms with Gasteiger partial charge in [-0.05, 0) is 43.1 Å². The number of carbonyl (C=O) groups is 2. The summed E-state index contributed by atoms with van der Waals surface area (Å²) in [4.78, 5) is 27.5. The molecular formula is C23H28N2O4. The van der Waals surface area contributed by atoms with Crippen LogP contribution >= 0.6 is 0 Å². The summed E-state index contributed by atoms with van der Waals surface area (Å²) in [6, 6.07) is 17.8. The molecule has 6 nitrogen and oxygen atoms in total. The summed E-state index contributed by atoms with van der Waals surface area (Å²) in [6.07, 6.45) is 0.610. The van der Waals surface area contributed by atoms with Gasteiger partial charge in [-0.3, -0.25) is 14.5 Å². The molecule has 3 rings (SSSR count). The number of ether oxygens (including phenoxy) is 1. The minimum absolute atomic E-state index is 0.0305. The van der Waals surface area contributed by atoms with E-state index in [-0.39, 0.29) is 18.4 Å². The van der Waals surface area contributed by atoms with Crippen molar-refractivity contribution in [2.75, 3.05) is 26.2 Å². The standard InChI is InChI=1S/C23H28N2O4/c1-2-25(22(26)16-24-13-12-20(15-24)23(27)28)14-18-8-10-21(11-9-18)29-17-19-6-4-3-5-7-19/h3-11,20H,2,12-17H2,1H3,(H,27,28). The minimum atomic E-state index is -0.776. The monoisotopic (exact) mass is 396 g/mol. The van der Waals surface area contributed by atoms with Gasteiger partial charge in [0.15, 0.2) is 0 Å². The van der Waals surface area contributed by atoms with E-state index in [1.54, 1.807) is 4.90 Å². The van der Waals surface area contributed by atoms with E-state index in [9.17, 15) is 9.59 Å². The second kappa shape index (κ2) is 10.1. The van der Waals surface area contributed by atoms with Gasteiger partial charge in [0.05, 0.1) is 12.5 Å². The summed E-state index contributed by atoms with van der Waals surface area (Å²) in [5, 5.41) is 9.11. The van der Waals surface area contributed by atoms with Crippen molar-refractivity contribution in [3.05, 3.63) is 65.7 Å². The third kappa shape index (κ3) is 6.06. The van der Waals surface area contributed by atoms with Gasteiger partial charge in [0.25, 0.3) is 0 Å². The average molecular weight is 396 g/mol. The third-order valence-electron chi connectivity index (χ3n) is 5.26. The predicted octanol–water partition coefficient (Wildman–Crippen LogP) is 3.02. The number of likely N-dealkylation sites (N-methyl/N-ethyl adjacent to an activating group) is 1. The molecule has 154 valence electrons. The summed E-state index contributed by atoms with van der Waals surface area (Å²) in [5.74, 6) is -0.310. The van der Waals surface area contributed by atoms with Crippen molar-refractivity contribution in [3.8, 4) is 5.75 Å². The van der Waals surface area contributed by atoms with Crippen LogP contribution in [0.3, 0.4) is 0 Å². The topological polar surface area (TPSA) is 70.1 Å². The minimum Gasteiger partial charge on any atom is -0.489 e. The van der Waals surface area contributed by atoms with Crippen LogP contribution in [0.5, 0.6) is 5.75 Å². The largest absolute Gasteiger partial charge is 0.489 e. The molecule has 2 aromatic carbocycles. The Morgan fingerprint density at radius 2 is 1.83 bits per heavy atom. The molecule has 1 saturated heterocycles. The molecule has 1 amide bonds. The zero-order chi connectivity index (χ0) is 20.6. The number of carboxylic acids is 1. The summed E-state index contributed by atoms with van der Waals surface area (Å²) in [5.41, 5.74) is 2.16. The fraction of sp³-hybridized carbons (Fsp3) is 0.391. The van der Waals surface area contributed by atoms with Crippen molar-refractivity contribution in [1.29, 1.82) is 0 Å². The van der Waals surface area contributed by atoms with Gasteiger partial charge in [-0.2, -0.15) is 0 Å². The zero-order valence-corrected chi connectivity index (χ0v) is 16.8. The number of amides is 1. The Kier molecular flexibility index (Phi) is 7.25. The molecule has 0 saturated carbocycles. The first kappa shape index (κ1) is 20.9. The van der Waals surface area contributed by atoms with Crippen LogP contribution in [0.15, 0.2) is 54.6 Å². The lowest BCUT2D eigenvalue weighted by Crippen LogP contribution is -2.39. The highest BCUT2D eigenvalue weighted by molar-refractivity contribution is 5.78. The molecule has 0 bridgehead atoms. The number of aliphatic carboxylic acids is 1. The van der Waals surface area contributed by atoms with Crippen molar-refractivity contribution in [2.24, 2.45) is 5.92 Å². The van der Waals surface area contributed by atoms with E-state index in [2.05, 4.69) is 0 Å². The van der Waals surface area contributed by atoms with Gasteiger partial charge in [-0.25, -0.2) is 0 Å². The first-order valence-corrected chi connectivity index (χ1v) is 10.0. The highest BCUT2D eigenvalue weighted by Crippen LogP contribution is 2.18. The van der Waals surface area contributed by atoms with Crippen LogP contribution in [-0.4, -0.2) is 53.0 Å². The Morgan fingerprint density at radius 3 is 2.45 bits per heavy atom. The highest BCUT2D eigenvalue weighted by Gasteiger charge is 2.29. The quantitative estimate of drug-likeness (QED) is 0.706. The van der Waals surface area contributed by atoms with E-state index in [0.29, 0.717) is 39.2 Å². The number of hydrogen-bond acceptors (Lipinski definition) is 4. The van der Waals surface area contributed by atoms with Crippen LogP contribution in [0.2, 0.25) is 0 Å². The van der Waals surface area contributed by atoms with Gasteiger partial charge < -0.3 is 14.7 Å². The number of benzene rings is 2. The van der Waals surface area contributed by atoms with Crippen molar-refractivity contribution in [2.45, 2.75) is 26.5 Å². The second-order valence-corrected chi connectivity index (χ2v) is 7.39. The Morgan fingerprint density at radius 1 is 1.10 bits per heavy atom. The lowest BCUT2D eigenvalue weighted by atomic mass is 10.1. The molecule has 1 fully saturated rings. The SMILES string of the molecule is CCN(Cc1ccc(OCc2ccccc2)cc1)C(=O)CN1CCC(C(=O)O)C1. The maximum atomic E-state index is 12.6. The zero-order valence-electron chi connectivity index (χ0n) is 16.8. The predicted molar refractivity (Wildman–Crippen MR) is 110 cm³/mol. The molecule has 1 unspecified atom stereocenters. The van der Waals surface area contributed by atoms with E-state index in [4.69, 9.17) is 9.84 Å². The van der Waals surface area contributed by atoms with Crippen molar-refractivity contribution in [3.63, 3.8) is 0 Å². The second-order valence-electron chi connectivity index (χ2n) is 7.39. The van der Waals surface area contributed by atoms with Gasteiger partial charge in [0, 0.05) is 19.6 Å². The lowest BCUT2D eigenvalue weighted by molar-refractivity contribution is -0.141. The average Bonchev–Trinajstić information content (AvgIpc) is 3.21. The Bertz CT molecular complexity index is 807. The van der Waals surface area contributed by atoms with Crippen LogP contribution in [-0.2, 0) is 22.7 Å². The van der Waals surface area contributed by atoms with Crippen LogP contribution in [0.25, 0.3) is 0 Å². The van der Waals surface area contributed by atoms with Gasteiger partial charge in [-0.15, -0.1) is 0 Å². The first-order chi connectivity index (χ1) is 14.0. The molecule has 0 spiro atoms. The van der Waals surface area contributed by atoms with Crippen LogP contribution in [0, 0.1) is 5.92 Å². The summed E-state index contributed by atoms with van der Waals surface area (Å²) in [7, 11) is 0. The molecule has 1 aliphatic heterocycles. The third-order valence-corrected chi connectivity index (χ3v) is 5.26. The van der Waals surface area contributed by atoms with E-state index >= 15 is 0 Å². The summed E-state index contributed by atoms with van der Waals surface area (Å²) >= 11 is 0. The van der Waals surface area contributed by atoms with E-state index in [1.807, 2.05) is 66.4 Å². The number of carboxylic acid groups (broad SMARTS) is 1. The van der Waals surface area contributed by atoms with Gasteiger partial charge in [-0.1, -0.05) is 42.5 Å². The molecule has 1 heterocycles. The van der Waals surface area contributed by atoms with Gasteiger partial charge in [0.1, 0.15) is 12.4 Å². The van der Waals surface area contributed by atoms with Crippen molar-refractivity contribution >= 4 is 11.9 Å². The number of rotatable bonds is 9. The molecule has 1 N–H and O–H groups in total. The van der Waals surface area contributed by atoms with Crippen molar-refractivity contribution in [1.82, 2.24) is 9.80 Å². The number of hydrogen-bond donors (Lipinski definition) is 1. The van der Waals surface area contributed by atoms with E-state index in [1.165, 1.54) is 0 Å². The molecule has 1 atom stereocenters. The Balaban J connectivity index is 1.49. The van der Waals surface area contributed by atoms with Gasteiger partial charge >= 0.3 is 5.97 Å². The molecule has 1 aliphatic rings. The number of likely N-dealkylation sites (tertiary alicyclic amines) is 1. The fourth-order valence-corrected chi connectivity index (χ4v) is 3.50. The molecule has 6 heteroatoms. The molecule has 29 heavy (non-hydrogen) atoms. The molecule has 0 radical (unpaired) electrons. The van der Waals surface area contributed by atoms with Gasteiger partial charge in [0.2, 0.25) is 5.91 Å². The number of carbonyl (C=O) groups excluding carboxylic acids is 1.